The van der Waals surface area contributed by atoms with Crippen LogP contribution in [0.1, 0.15) is 51.0 Å². The smallest absolute Gasteiger partial charge is 0.255 e. The molecule has 0 saturated heterocycles. The van der Waals surface area contributed by atoms with Gasteiger partial charge in [-0.25, -0.2) is 0 Å². The van der Waals surface area contributed by atoms with Crippen LogP contribution >= 0.6 is 11.6 Å². The second-order valence-corrected chi connectivity index (χ2v) is 9.65. The van der Waals surface area contributed by atoms with E-state index in [1.165, 1.54) is 38.5 Å². The van der Waals surface area contributed by atoms with Crippen LogP contribution in [-0.4, -0.2) is 25.7 Å². The topological polar surface area (TPSA) is 73.6 Å². The minimum absolute atomic E-state index is 0.225. The van der Waals surface area contributed by atoms with E-state index < -0.39 is 5.91 Å². The molecule has 28 heavy (non-hydrogen) atoms. The number of carbonyl (C=O) groups is 1. The summed E-state index contributed by atoms with van der Waals surface area (Å²) in [5.74, 6) is 3.19. The van der Waals surface area contributed by atoms with Crippen molar-refractivity contribution in [2.75, 3.05) is 13.7 Å². The van der Waals surface area contributed by atoms with Crippen LogP contribution in [0.3, 0.4) is 0 Å². The first-order valence-electron chi connectivity index (χ1n) is 10.4. The van der Waals surface area contributed by atoms with E-state index in [0.29, 0.717) is 28.0 Å². The van der Waals surface area contributed by atoms with Crippen molar-refractivity contribution < 1.29 is 14.3 Å². The number of halogens is 1. The fraction of sp³-hybridized carbons (Fsp3) is 0.682. The molecule has 154 valence electrons. The minimum atomic E-state index is -0.548. The third-order valence-corrected chi connectivity index (χ3v) is 7.55. The Kier molecular flexibility index (Phi) is 5.49. The number of hydrogen-bond acceptors (Lipinski definition) is 4. The number of nitrogens with one attached hydrogen (secondary N) is 1. The third-order valence-electron chi connectivity index (χ3n) is 7.26. The number of ether oxygens (including phenoxy) is 2. The second kappa shape index (κ2) is 7.75. The monoisotopic (exact) mass is 406 g/mol. The van der Waals surface area contributed by atoms with Crippen LogP contribution in [0.2, 0.25) is 5.02 Å². The fourth-order valence-corrected chi connectivity index (χ4v) is 6.64. The van der Waals surface area contributed by atoms with Crippen molar-refractivity contribution >= 4 is 17.5 Å². The van der Waals surface area contributed by atoms with Crippen LogP contribution < -0.4 is 20.5 Å². The molecule has 1 atom stereocenters. The Morgan fingerprint density at radius 2 is 1.86 bits per heavy atom. The number of benzene rings is 1. The van der Waals surface area contributed by atoms with Crippen molar-refractivity contribution in [2.24, 2.45) is 28.9 Å². The highest BCUT2D eigenvalue weighted by molar-refractivity contribution is 6.32. The van der Waals surface area contributed by atoms with Gasteiger partial charge in [0.15, 0.2) is 18.1 Å². The first-order chi connectivity index (χ1) is 13.4. The van der Waals surface area contributed by atoms with Crippen molar-refractivity contribution in [1.29, 1.82) is 0 Å². The predicted octanol–water partition coefficient (Wildman–Crippen LogP) is 3.91. The predicted molar refractivity (Wildman–Crippen MR) is 110 cm³/mol. The molecule has 3 N–H and O–H groups in total. The van der Waals surface area contributed by atoms with Gasteiger partial charge >= 0.3 is 0 Å². The van der Waals surface area contributed by atoms with Gasteiger partial charge in [-0.2, -0.15) is 0 Å². The molecule has 1 aromatic rings. The molecule has 0 spiro atoms. The zero-order valence-corrected chi connectivity index (χ0v) is 17.6. The van der Waals surface area contributed by atoms with Crippen LogP contribution in [0, 0.1) is 23.2 Å². The summed E-state index contributed by atoms with van der Waals surface area (Å²) in [6.45, 7) is 2.86. The van der Waals surface area contributed by atoms with Crippen LogP contribution in [0.15, 0.2) is 12.1 Å². The Morgan fingerprint density at radius 1 is 1.25 bits per heavy atom. The summed E-state index contributed by atoms with van der Waals surface area (Å²) in [5, 5.41) is 4.21. The molecule has 4 fully saturated rings. The number of hydrogen-bond donors (Lipinski definition) is 2. The maximum Gasteiger partial charge on any atom is 0.255 e. The molecule has 5 nitrogen and oxygen atoms in total. The van der Waals surface area contributed by atoms with Gasteiger partial charge in [0.2, 0.25) is 0 Å². The molecule has 1 aromatic carbocycles. The fourth-order valence-electron chi connectivity index (χ4n) is 6.35. The molecule has 0 aromatic heterocycles. The Balaban J connectivity index is 1.43. The molecule has 6 heteroatoms. The van der Waals surface area contributed by atoms with Crippen LogP contribution in [0.25, 0.3) is 0 Å². The number of rotatable bonds is 8. The minimum Gasteiger partial charge on any atom is -0.493 e. The largest absolute Gasteiger partial charge is 0.493 e. The summed E-state index contributed by atoms with van der Waals surface area (Å²) in [7, 11) is 1.57. The van der Waals surface area contributed by atoms with Crippen LogP contribution in [-0.2, 0) is 11.3 Å². The van der Waals surface area contributed by atoms with Crippen molar-refractivity contribution in [3.05, 3.63) is 22.7 Å². The highest BCUT2D eigenvalue weighted by Gasteiger charge is 2.52. The molecular weight excluding hydrogens is 376 g/mol. The van der Waals surface area contributed by atoms with E-state index in [9.17, 15) is 4.79 Å². The standard InChI is InChI=1S/C22H31ClN2O3/c1-13(22-8-14-3-15(9-22)5-16(4-14)10-22)25-11-17-6-18(23)21(19(7-17)27-2)28-12-20(24)26/h6-7,13-16,25H,3-5,8-12H2,1-2H3,(H2,24,26)/t13-,14?,15?,16?,22?/m0/s1. The molecule has 0 unspecified atom stereocenters. The van der Waals surface area contributed by atoms with Gasteiger partial charge in [0.25, 0.3) is 5.91 Å². The van der Waals surface area contributed by atoms with Gasteiger partial charge in [-0.3, -0.25) is 4.79 Å². The molecule has 4 aliphatic carbocycles. The molecule has 1 amide bonds. The van der Waals surface area contributed by atoms with E-state index in [2.05, 4.69) is 12.2 Å². The zero-order chi connectivity index (χ0) is 19.9. The summed E-state index contributed by atoms with van der Waals surface area (Å²) in [4.78, 5) is 11.0. The number of nitrogens with two attached hydrogens (primary N) is 1. The first kappa shape index (κ1) is 19.8. The van der Waals surface area contributed by atoms with Gasteiger partial charge in [0, 0.05) is 12.6 Å². The third kappa shape index (κ3) is 3.84. The van der Waals surface area contributed by atoms with Crippen LogP contribution in [0.4, 0.5) is 0 Å². The maximum atomic E-state index is 11.0. The summed E-state index contributed by atoms with van der Waals surface area (Å²) < 4.78 is 10.8. The van der Waals surface area contributed by atoms with Gasteiger partial charge in [-0.1, -0.05) is 11.6 Å². The van der Waals surface area contributed by atoms with Gasteiger partial charge in [0.1, 0.15) is 0 Å². The van der Waals surface area contributed by atoms with E-state index in [1.807, 2.05) is 12.1 Å². The summed E-state index contributed by atoms with van der Waals surface area (Å²) >= 11 is 6.38. The molecular formula is C22H31ClN2O3. The zero-order valence-electron chi connectivity index (χ0n) is 16.8. The lowest BCUT2D eigenvalue weighted by molar-refractivity contribution is -0.119. The summed E-state index contributed by atoms with van der Waals surface area (Å²) in [6, 6.07) is 4.28. The second-order valence-electron chi connectivity index (χ2n) is 9.25. The Labute approximate surface area is 172 Å². The lowest BCUT2D eigenvalue weighted by Crippen LogP contribution is -2.54. The number of amides is 1. The Bertz CT molecular complexity index is 716. The molecule has 5 rings (SSSR count). The van der Waals surface area contributed by atoms with E-state index >= 15 is 0 Å². The molecule has 0 radical (unpaired) electrons. The highest BCUT2D eigenvalue weighted by atomic mass is 35.5. The lowest BCUT2D eigenvalue weighted by Gasteiger charge is -2.59. The first-order valence-corrected chi connectivity index (χ1v) is 10.8. The van der Waals surface area contributed by atoms with Crippen molar-refractivity contribution in [3.8, 4) is 11.5 Å². The average molecular weight is 407 g/mol. The lowest BCUT2D eigenvalue weighted by atomic mass is 9.48. The van der Waals surface area contributed by atoms with E-state index in [-0.39, 0.29) is 6.61 Å². The molecule has 4 bridgehead atoms. The van der Waals surface area contributed by atoms with Gasteiger partial charge in [0.05, 0.1) is 12.1 Å². The highest BCUT2D eigenvalue weighted by Crippen LogP contribution is 2.61. The van der Waals surface area contributed by atoms with Gasteiger partial charge in [-0.15, -0.1) is 0 Å². The molecule has 4 saturated carbocycles. The number of primary amides is 1. The molecule has 4 aliphatic rings. The quantitative estimate of drug-likeness (QED) is 0.686. The van der Waals surface area contributed by atoms with Crippen molar-refractivity contribution in [1.82, 2.24) is 5.32 Å². The maximum absolute atomic E-state index is 11.0. The molecule has 0 heterocycles. The van der Waals surface area contributed by atoms with Gasteiger partial charge < -0.3 is 20.5 Å². The summed E-state index contributed by atoms with van der Waals surface area (Å²) in [5.41, 5.74) is 6.67. The van der Waals surface area contributed by atoms with Crippen molar-refractivity contribution in [2.45, 2.75) is 58.0 Å². The van der Waals surface area contributed by atoms with Crippen molar-refractivity contribution in [3.63, 3.8) is 0 Å². The van der Waals surface area contributed by atoms with Crippen LogP contribution in [0.5, 0.6) is 11.5 Å². The van der Waals surface area contributed by atoms with E-state index in [1.54, 1.807) is 7.11 Å². The Hall–Kier alpha value is -1.46. The number of methoxy groups -OCH3 is 1. The van der Waals surface area contributed by atoms with E-state index in [0.717, 1.165) is 29.9 Å². The van der Waals surface area contributed by atoms with Gasteiger partial charge in [-0.05, 0) is 86.3 Å². The average Bonchev–Trinajstić information content (AvgIpc) is 2.63. The van der Waals surface area contributed by atoms with E-state index in [4.69, 9.17) is 26.8 Å². The summed E-state index contributed by atoms with van der Waals surface area (Å²) in [6.07, 6.45) is 8.55. The number of carbonyl (C=O) groups excluding carboxylic acids is 1. The molecule has 0 aliphatic heterocycles. The normalized spacial score (nSPS) is 31.6. The Morgan fingerprint density at radius 3 is 2.39 bits per heavy atom. The SMILES string of the molecule is COc1cc(CN[C@@H](C)C23CC4CC(CC(C4)C2)C3)cc(Cl)c1OCC(N)=O.